The largest absolute Gasteiger partial charge is 0.483 e. The topological polar surface area (TPSA) is 60.2 Å². The molecule has 0 spiro atoms. The molecule has 0 fully saturated rings. The van der Waals surface area contributed by atoms with Crippen molar-refractivity contribution >= 4 is 15.9 Å². The Kier molecular flexibility index (Phi) is 5.36. The van der Waals surface area contributed by atoms with E-state index in [-0.39, 0.29) is 18.6 Å². The molecule has 0 amide bonds. The highest BCUT2D eigenvalue weighted by Crippen LogP contribution is 2.29. The minimum absolute atomic E-state index is 0.186. The van der Waals surface area contributed by atoms with Crippen LogP contribution in [-0.2, 0) is 6.61 Å². The van der Waals surface area contributed by atoms with E-state index in [1.54, 1.807) is 0 Å². The summed E-state index contributed by atoms with van der Waals surface area (Å²) in [5.74, 6) is 2.25. The molecule has 6 heteroatoms. The zero-order chi connectivity index (χ0) is 15.4. The highest BCUT2D eigenvalue weighted by atomic mass is 79.9. The van der Waals surface area contributed by atoms with Crippen LogP contribution in [-0.4, -0.2) is 17.2 Å². The van der Waals surface area contributed by atoms with Gasteiger partial charge in [-0.3, -0.25) is 0 Å². The van der Waals surface area contributed by atoms with E-state index in [1.165, 1.54) is 0 Å². The standard InChI is InChI=1S/C15H20BrN3O2/c1-9(2)15-18-14(21-19-15)8-20-13-6-5-11(16)7-12(13)10(3)17-4/h5-7,9-10,17H,8H2,1-4H3. The maximum Gasteiger partial charge on any atom is 0.264 e. The van der Waals surface area contributed by atoms with Gasteiger partial charge in [-0.05, 0) is 32.2 Å². The zero-order valence-electron chi connectivity index (χ0n) is 12.7. The summed E-state index contributed by atoms with van der Waals surface area (Å²) >= 11 is 3.48. The van der Waals surface area contributed by atoms with Crippen LogP contribution in [0.5, 0.6) is 5.75 Å². The average molecular weight is 354 g/mol. The normalized spacial score (nSPS) is 12.7. The Morgan fingerprint density at radius 2 is 2.10 bits per heavy atom. The Morgan fingerprint density at radius 1 is 1.33 bits per heavy atom. The molecule has 21 heavy (non-hydrogen) atoms. The highest BCUT2D eigenvalue weighted by molar-refractivity contribution is 9.10. The van der Waals surface area contributed by atoms with Crippen LogP contribution >= 0.6 is 15.9 Å². The Morgan fingerprint density at radius 3 is 2.71 bits per heavy atom. The van der Waals surface area contributed by atoms with Gasteiger partial charge >= 0.3 is 0 Å². The number of rotatable bonds is 6. The molecule has 1 atom stereocenters. The van der Waals surface area contributed by atoms with E-state index in [2.05, 4.69) is 38.3 Å². The fourth-order valence-electron chi connectivity index (χ4n) is 1.85. The van der Waals surface area contributed by atoms with E-state index in [0.29, 0.717) is 11.7 Å². The van der Waals surface area contributed by atoms with Gasteiger partial charge in [0.15, 0.2) is 12.4 Å². The van der Waals surface area contributed by atoms with Crippen LogP contribution in [0.4, 0.5) is 0 Å². The maximum absolute atomic E-state index is 5.84. The average Bonchev–Trinajstić information content (AvgIpc) is 2.94. The van der Waals surface area contributed by atoms with E-state index in [9.17, 15) is 0 Å². The van der Waals surface area contributed by atoms with Crippen molar-refractivity contribution in [3.8, 4) is 5.75 Å². The highest BCUT2D eigenvalue weighted by Gasteiger charge is 2.14. The minimum atomic E-state index is 0.186. The number of aromatic nitrogens is 2. The lowest BCUT2D eigenvalue weighted by atomic mass is 10.1. The first kappa shape index (κ1) is 16.0. The van der Waals surface area contributed by atoms with Crippen molar-refractivity contribution in [1.82, 2.24) is 15.5 Å². The van der Waals surface area contributed by atoms with Crippen LogP contribution in [0, 0.1) is 0 Å². The molecule has 1 N–H and O–H groups in total. The zero-order valence-corrected chi connectivity index (χ0v) is 14.3. The molecule has 0 aliphatic carbocycles. The lowest BCUT2D eigenvalue weighted by Gasteiger charge is -2.16. The summed E-state index contributed by atoms with van der Waals surface area (Å²) in [5, 5.41) is 7.14. The first-order chi connectivity index (χ1) is 10.0. The van der Waals surface area contributed by atoms with Crippen LogP contribution in [0.15, 0.2) is 27.2 Å². The van der Waals surface area contributed by atoms with E-state index < -0.39 is 0 Å². The van der Waals surface area contributed by atoms with Gasteiger partial charge in [0.05, 0.1) is 0 Å². The minimum Gasteiger partial charge on any atom is -0.483 e. The smallest absolute Gasteiger partial charge is 0.264 e. The molecule has 0 saturated heterocycles. The van der Waals surface area contributed by atoms with Gasteiger partial charge in [0, 0.05) is 22.0 Å². The van der Waals surface area contributed by atoms with Crippen molar-refractivity contribution in [3.05, 3.63) is 40.0 Å². The second-order valence-electron chi connectivity index (χ2n) is 5.18. The van der Waals surface area contributed by atoms with E-state index in [1.807, 2.05) is 39.1 Å². The van der Waals surface area contributed by atoms with Gasteiger partial charge in [-0.2, -0.15) is 4.98 Å². The molecule has 1 unspecified atom stereocenters. The molecule has 1 heterocycles. The number of halogens is 1. The lowest BCUT2D eigenvalue weighted by Crippen LogP contribution is -2.14. The van der Waals surface area contributed by atoms with Crippen LogP contribution in [0.2, 0.25) is 0 Å². The maximum atomic E-state index is 5.84. The monoisotopic (exact) mass is 353 g/mol. The molecule has 0 aliphatic rings. The summed E-state index contributed by atoms with van der Waals surface area (Å²) < 4.78 is 12.0. The number of nitrogens with one attached hydrogen (secondary N) is 1. The molecular formula is C15H20BrN3O2. The quantitative estimate of drug-likeness (QED) is 0.855. The molecule has 1 aromatic heterocycles. The number of benzene rings is 1. The predicted molar refractivity (Wildman–Crippen MR) is 84.3 cm³/mol. The molecule has 0 bridgehead atoms. The fourth-order valence-corrected chi connectivity index (χ4v) is 2.22. The molecule has 0 radical (unpaired) electrons. The number of ether oxygens (including phenoxy) is 1. The predicted octanol–water partition coefficient (Wildman–Crippen LogP) is 3.81. The molecule has 2 aromatic rings. The van der Waals surface area contributed by atoms with Gasteiger partial charge in [-0.15, -0.1) is 0 Å². The summed E-state index contributed by atoms with van der Waals surface area (Å²) in [6.07, 6.45) is 0. The van der Waals surface area contributed by atoms with Crippen LogP contribution in [0.25, 0.3) is 0 Å². The van der Waals surface area contributed by atoms with Gasteiger partial charge in [0.2, 0.25) is 0 Å². The molecule has 0 aliphatic heterocycles. The Hall–Kier alpha value is -1.40. The van der Waals surface area contributed by atoms with E-state index in [4.69, 9.17) is 9.26 Å². The van der Waals surface area contributed by atoms with Crippen LogP contribution in [0.1, 0.15) is 50.0 Å². The van der Waals surface area contributed by atoms with Gasteiger partial charge in [0.1, 0.15) is 5.75 Å². The second-order valence-corrected chi connectivity index (χ2v) is 6.10. The van der Waals surface area contributed by atoms with Gasteiger partial charge in [-0.25, -0.2) is 0 Å². The van der Waals surface area contributed by atoms with Crippen molar-refractivity contribution in [2.24, 2.45) is 0 Å². The number of nitrogens with zero attached hydrogens (tertiary/aromatic N) is 2. The molecule has 0 saturated carbocycles. The Balaban J connectivity index is 2.11. The molecular weight excluding hydrogens is 334 g/mol. The Labute approximate surface area is 133 Å². The molecule has 1 aromatic carbocycles. The Bertz CT molecular complexity index is 598. The summed E-state index contributed by atoms with van der Waals surface area (Å²) in [6, 6.07) is 6.12. The summed E-state index contributed by atoms with van der Waals surface area (Å²) in [5.41, 5.74) is 1.08. The third-order valence-electron chi connectivity index (χ3n) is 3.22. The molecule has 114 valence electrons. The van der Waals surface area contributed by atoms with Gasteiger partial charge < -0.3 is 14.6 Å². The van der Waals surface area contributed by atoms with Crippen molar-refractivity contribution in [2.75, 3.05) is 7.05 Å². The number of hydrogen-bond acceptors (Lipinski definition) is 5. The third kappa shape index (κ3) is 4.04. The van der Waals surface area contributed by atoms with E-state index in [0.717, 1.165) is 15.8 Å². The van der Waals surface area contributed by atoms with Crippen LogP contribution < -0.4 is 10.1 Å². The van der Waals surface area contributed by atoms with Crippen molar-refractivity contribution in [3.63, 3.8) is 0 Å². The summed E-state index contributed by atoms with van der Waals surface area (Å²) in [7, 11) is 1.92. The van der Waals surface area contributed by atoms with Crippen LogP contribution in [0.3, 0.4) is 0 Å². The van der Waals surface area contributed by atoms with E-state index >= 15 is 0 Å². The lowest BCUT2D eigenvalue weighted by molar-refractivity contribution is 0.239. The molecule has 2 rings (SSSR count). The SMILES string of the molecule is CNC(C)c1cc(Br)ccc1OCc1nc(C(C)C)no1. The first-order valence-electron chi connectivity index (χ1n) is 6.93. The van der Waals surface area contributed by atoms with Gasteiger partial charge in [0.25, 0.3) is 5.89 Å². The third-order valence-corrected chi connectivity index (χ3v) is 3.72. The summed E-state index contributed by atoms with van der Waals surface area (Å²) in [6.45, 7) is 6.40. The van der Waals surface area contributed by atoms with Crippen molar-refractivity contribution in [1.29, 1.82) is 0 Å². The summed E-state index contributed by atoms with van der Waals surface area (Å²) in [4.78, 5) is 4.31. The van der Waals surface area contributed by atoms with Crippen molar-refractivity contribution < 1.29 is 9.26 Å². The second kappa shape index (κ2) is 7.04. The fraction of sp³-hybridized carbons (Fsp3) is 0.467. The van der Waals surface area contributed by atoms with Gasteiger partial charge in [-0.1, -0.05) is 34.9 Å². The first-order valence-corrected chi connectivity index (χ1v) is 7.72. The molecule has 5 nitrogen and oxygen atoms in total. The van der Waals surface area contributed by atoms with Crippen molar-refractivity contribution in [2.45, 2.75) is 39.3 Å². The number of hydrogen-bond donors (Lipinski definition) is 1.